The summed E-state index contributed by atoms with van der Waals surface area (Å²) in [5.41, 5.74) is 0. The van der Waals surface area contributed by atoms with Crippen LogP contribution < -0.4 is 0 Å². The Morgan fingerprint density at radius 3 is 1.12 bits per heavy atom. The fraction of sp³-hybridized carbons (Fsp3) is 0.800. The maximum absolute atomic E-state index is 11.9. The molecule has 94 valence electrons. The predicted molar refractivity (Wildman–Crippen MR) is 81.5 cm³/mol. The molecule has 2 nitrogen and oxygen atoms in total. The van der Waals surface area contributed by atoms with E-state index in [-0.39, 0.29) is 11.6 Å². The second-order valence-corrected chi connectivity index (χ2v) is 10.4. The molecule has 0 saturated carbocycles. The van der Waals surface area contributed by atoms with Crippen LogP contribution in [-0.2, 0) is 9.59 Å². The van der Waals surface area contributed by atoms with E-state index in [0.29, 0.717) is 0 Å². The highest BCUT2D eigenvalue weighted by Gasteiger charge is 2.40. The standard InChI is InChI=1S/C10H14Br4O2/c1-9(2,13)7(15)5(11)6(12)8(16)10(3,4)14/h5-6H,1-4H3. The summed E-state index contributed by atoms with van der Waals surface area (Å²) in [6.45, 7) is 7.03. The Labute approximate surface area is 130 Å². The lowest BCUT2D eigenvalue weighted by molar-refractivity contribution is -0.124. The fourth-order valence-corrected chi connectivity index (χ4v) is 3.65. The summed E-state index contributed by atoms with van der Waals surface area (Å²) in [5.74, 6) is -0.140. The number of rotatable bonds is 5. The molecule has 0 aromatic rings. The Kier molecular flexibility index (Phi) is 6.40. The van der Waals surface area contributed by atoms with E-state index in [1.54, 1.807) is 27.7 Å². The zero-order chi connectivity index (χ0) is 13.3. The van der Waals surface area contributed by atoms with Crippen LogP contribution in [0.1, 0.15) is 27.7 Å². The van der Waals surface area contributed by atoms with Gasteiger partial charge < -0.3 is 0 Å². The van der Waals surface area contributed by atoms with E-state index in [1.807, 2.05) is 0 Å². The van der Waals surface area contributed by atoms with Gasteiger partial charge in [0.15, 0.2) is 11.6 Å². The number of alkyl halides is 4. The molecule has 0 aliphatic rings. The molecule has 16 heavy (non-hydrogen) atoms. The number of carbonyl (C=O) groups is 2. The van der Waals surface area contributed by atoms with Gasteiger partial charge in [-0.25, -0.2) is 0 Å². The van der Waals surface area contributed by atoms with Gasteiger partial charge in [-0.3, -0.25) is 9.59 Å². The lowest BCUT2D eigenvalue weighted by Crippen LogP contribution is -2.44. The van der Waals surface area contributed by atoms with Gasteiger partial charge in [-0.2, -0.15) is 0 Å². The molecule has 2 unspecified atom stereocenters. The number of halogens is 4. The molecule has 0 fully saturated rings. The SMILES string of the molecule is CC(C)(Br)C(=O)C(Br)C(Br)C(=O)C(C)(C)Br. The average molecular weight is 486 g/mol. The third-order valence-corrected chi connectivity index (χ3v) is 5.31. The minimum atomic E-state index is -0.649. The molecule has 6 heteroatoms. The maximum Gasteiger partial charge on any atom is 0.164 e. The zero-order valence-corrected chi connectivity index (χ0v) is 15.8. The molecule has 0 spiro atoms. The first-order valence-electron chi connectivity index (χ1n) is 4.63. The topological polar surface area (TPSA) is 34.1 Å². The van der Waals surface area contributed by atoms with Gasteiger partial charge in [-0.1, -0.05) is 63.7 Å². The molecule has 0 aliphatic carbocycles. The van der Waals surface area contributed by atoms with Crippen LogP contribution in [-0.4, -0.2) is 29.9 Å². The van der Waals surface area contributed by atoms with E-state index >= 15 is 0 Å². The normalized spacial score (nSPS) is 16.8. The summed E-state index contributed by atoms with van der Waals surface area (Å²) in [6.07, 6.45) is 0. The molecule has 2 atom stereocenters. The van der Waals surface area contributed by atoms with Crippen molar-refractivity contribution in [3.8, 4) is 0 Å². The molecular formula is C10H14Br4O2. The lowest BCUT2D eigenvalue weighted by atomic mass is 9.98. The molecule has 0 N–H and O–H groups in total. The largest absolute Gasteiger partial charge is 0.297 e. The summed E-state index contributed by atoms with van der Waals surface area (Å²) in [5, 5.41) is 0. The molecule has 0 heterocycles. The van der Waals surface area contributed by atoms with Gasteiger partial charge in [-0.05, 0) is 27.7 Å². The van der Waals surface area contributed by atoms with Crippen molar-refractivity contribution in [3.63, 3.8) is 0 Å². The fourth-order valence-electron chi connectivity index (χ4n) is 0.922. The second kappa shape index (κ2) is 5.93. The molecule has 0 saturated heterocycles. The average Bonchev–Trinajstić information content (AvgIpc) is 2.10. The van der Waals surface area contributed by atoms with Gasteiger partial charge in [-0.15, -0.1) is 0 Å². The number of ketones is 2. The van der Waals surface area contributed by atoms with Gasteiger partial charge in [0, 0.05) is 0 Å². The third-order valence-electron chi connectivity index (χ3n) is 1.93. The van der Waals surface area contributed by atoms with Gasteiger partial charge in [0.2, 0.25) is 0 Å². The van der Waals surface area contributed by atoms with E-state index in [9.17, 15) is 9.59 Å². The summed E-state index contributed by atoms with van der Waals surface area (Å²) >= 11 is 13.1. The lowest BCUT2D eigenvalue weighted by Gasteiger charge is -2.25. The van der Waals surface area contributed by atoms with E-state index in [4.69, 9.17) is 0 Å². The minimum Gasteiger partial charge on any atom is -0.297 e. The van der Waals surface area contributed by atoms with Crippen molar-refractivity contribution in [2.45, 2.75) is 46.0 Å². The van der Waals surface area contributed by atoms with E-state index in [2.05, 4.69) is 63.7 Å². The highest BCUT2D eigenvalue weighted by molar-refractivity contribution is 9.13. The second-order valence-electron chi connectivity index (χ2n) is 4.48. The monoisotopic (exact) mass is 482 g/mol. The van der Waals surface area contributed by atoms with Crippen LogP contribution in [0, 0.1) is 0 Å². The van der Waals surface area contributed by atoms with Crippen molar-refractivity contribution < 1.29 is 9.59 Å². The Morgan fingerprint density at radius 1 is 0.812 bits per heavy atom. The van der Waals surface area contributed by atoms with E-state index in [1.165, 1.54) is 0 Å². The highest BCUT2D eigenvalue weighted by atomic mass is 79.9. The van der Waals surface area contributed by atoms with Crippen LogP contribution in [0.3, 0.4) is 0 Å². The summed E-state index contributed by atoms with van der Waals surface area (Å²) in [4.78, 5) is 22.8. The minimum absolute atomic E-state index is 0.0699. The molecule has 0 aliphatic heterocycles. The maximum atomic E-state index is 11.9. The third kappa shape index (κ3) is 4.86. The smallest absolute Gasteiger partial charge is 0.164 e. The van der Waals surface area contributed by atoms with E-state index < -0.39 is 18.3 Å². The van der Waals surface area contributed by atoms with Crippen molar-refractivity contribution in [2.24, 2.45) is 0 Å². The van der Waals surface area contributed by atoms with Gasteiger partial charge >= 0.3 is 0 Å². The van der Waals surface area contributed by atoms with Crippen LogP contribution in [0.15, 0.2) is 0 Å². The highest BCUT2D eigenvalue weighted by Crippen LogP contribution is 2.31. The quantitative estimate of drug-likeness (QED) is 0.552. The van der Waals surface area contributed by atoms with Crippen LogP contribution in [0.4, 0.5) is 0 Å². The summed E-state index contributed by atoms with van der Waals surface area (Å²) < 4.78 is -1.30. The number of carbonyl (C=O) groups excluding carboxylic acids is 2. The molecule has 0 aromatic heterocycles. The first-order chi connectivity index (χ1) is 6.89. The van der Waals surface area contributed by atoms with E-state index in [0.717, 1.165) is 0 Å². The zero-order valence-electron chi connectivity index (χ0n) is 9.48. The van der Waals surface area contributed by atoms with Crippen LogP contribution >= 0.6 is 63.7 Å². The van der Waals surface area contributed by atoms with Gasteiger partial charge in [0.1, 0.15) is 0 Å². The molecule has 0 bridgehead atoms. The first-order valence-corrected chi connectivity index (χ1v) is 8.05. The molecule has 0 radical (unpaired) electrons. The summed E-state index contributed by atoms with van der Waals surface area (Å²) in [7, 11) is 0. The van der Waals surface area contributed by atoms with Crippen molar-refractivity contribution in [2.75, 3.05) is 0 Å². The van der Waals surface area contributed by atoms with Crippen LogP contribution in [0.2, 0.25) is 0 Å². The van der Waals surface area contributed by atoms with Crippen molar-refractivity contribution in [1.29, 1.82) is 0 Å². The Bertz CT molecular complexity index is 258. The Balaban J connectivity index is 4.83. The number of Topliss-reactive ketones (excluding diaryl/α,β-unsaturated/α-hetero) is 2. The van der Waals surface area contributed by atoms with Crippen molar-refractivity contribution in [1.82, 2.24) is 0 Å². The van der Waals surface area contributed by atoms with Crippen LogP contribution in [0.25, 0.3) is 0 Å². The Morgan fingerprint density at radius 2 is 1.00 bits per heavy atom. The van der Waals surface area contributed by atoms with Crippen molar-refractivity contribution in [3.05, 3.63) is 0 Å². The van der Waals surface area contributed by atoms with Crippen LogP contribution in [0.5, 0.6) is 0 Å². The molecule has 0 rings (SSSR count). The number of hydrogen-bond acceptors (Lipinski definition) is 2. The first kappa shape index (κ1) is 17.3. The van der Waals surface area contributed by atoms with Gasteiger partial charge in [0.25, 0.3) is 0 Å². The van der Waals surface area contributed by atoms with Crippen molar-refractivity contribution >= 4 is 75.3 Å². The summed E-state index contributed by atoms with van der Waals surface area (Å²) in [6, 6.07) is 0. The molecular weight excluding hydrogens is 472 g/mol. The van der Waals surface area contributed by atoms with Gasteiger partial charge in [0.05, 0.1) is 18.3 Å². The molecule has 0 amide bonds. The Hall–Kier alpha value is 1.26. The predicted octanol–water partition coefficient (Wildman–Crippen LogP) is 4.00. The molecule has 0 aromatic carbocycles. The number of hydrogen-bond donors (Lipinski definition) is 0.